The van der Waals surface area contributed by atoms with Crippen LogP contribution in [0.15, 0.2) is 23.8 Å². The topological polar surface area (TPSA) is 9.23 Å². The van der Waals surface area contributed by atoms with E-state index in [1.54, 1.807) is 0 Å². The molecule has 0 aromatic heterocycles. The first-order valence-electron chi connectivity index (χ1n) is 5.23. The molecule has 1 heteroatoms. The molecule has 0 unspecified atom stereocenters. The maximum absolute atomic E-state index is 5.96. The van der Waals surface area contributed by atoms with Crippen LogP contribution in [0.1, 0.15) is 39.0 Å². The Morgan fingerprint density at radius 3 is 2.62 bits per heavy atom. The van der Waals surface area contributed by atoms with Gasteiger partial charge in [0.25, 0.3) is 0 Å². The fourth-order valence-electron chi connectivity index (χ4n) is 2.40. The summed E-state index contributed by atoms with van der Waals surface area (Å²) in [5, 5.41) is 0. The van der Waals surface area contributed by atoms with Crippen LogP contribution in [0.4, 0.5) is 0 Å². The van der Waals surface area contributed by atoms with Crippen LogP contribution in [0.5, 0.6) is 0 Å². The highest BCUT2D eigenvalue weighted by Crippen LogP contribution is 2.40. The van der Waals surface area contributed by atoms with E-state index in [0.717, 1.165) is 6.61 Å². The van der Waals surface area contributed by atoms with Crippen molar-refractivity contribution in [2.45, 2.75) is 44.6 Å². The Hall–Kier alpha value is -0.560. The first-order chi connectivity index (χ1) is 6.23. The van der Waals surface area contributed by atoms with Crippen LogP contribution >= 0.6 is 0 Å². The summed E-state index contributed by atoms with van der Waals surface area (Å²) in [7, 11) is 0. The highest BCUT2D eigenvalue weighted by Gasteiger charge is 2.36. The third-order valence-electron chi connectivity index (χ3n) is 3.24. The summed E-state index contributed by atoms with van der Waals surface area (Å²) >= 11 is 0. The van der Waals surface area contributed by atoms with E-state index in [1.807, 2.05) is 0 Å². The van der Waals surface area contributed by atoms with E-state index < -0.39 is 0 Å². The fraction of sp³-hybridized carbons (Fsp3) is 0.667. The van der Waals surface area contributed by atoms with Crippen LogP contribution in [-0.4, -0.2) is 12.2 Å². The van der Waals surface area contributed by atoms with Crippen molar-refractivity contribution in [1.29, 1.82) is 0 Å². The van der Waals surface area contributed by atoms with Gasteiger partial charge in [0.1, 0.15) is 0 Å². The van der Waals surface area contributed by atoms with Gasteiger partial charge in [0, 0.05) is 0 Å². The van der Waals surface area contributed by atoms with E-state index in [2.05, 4.69) is 19.6 Å². The molecule has 1 saturated carbocycles. The molecule has 0 amide bonds. The van der Waals surface area contributed by atoms with E-state index >= 15 is 0 Å². The van der Waals surface area contributed by atoms with Crippen molar-refractivity contribution in [3.8, 4) is 0 Å². The van der Waals surface area contributed by atoms with Gasteiger partial charge in [-0.3, -0.25) is 0 Å². The predicted molar refractivity (Wildman–Crippen MR) is 54.7 cm³/mol. The van der Waals surface area contributed by atoms with Gasteiger partial charge in [0.15, 0.2) is 0 Å². The Morgan fingerprint density at radius 1 is 1.31 bits per heavy atom. The Kier molecular flexibility index (Phi) is 2.29. The van der Waals surface area contributed by atoms with Gasteiger partial charge >= 0.3 is 0 Å². The number of rotatable bonds is 0. The molecule has 0 atom stereocenters. The Labute approximate surface area is 80.5 Å². The molecule has 0 saturated heterocycles. The molecule has 0 bridgehead atoms. The third kappa shape index (κ3) is 1.58. The summed E-state index contributed by atoms with van der Waals surface area (Å²) in [6.07, 6.45) is 8.53. The second kappa shape index (κ2) is 3.30. The second-order valence-electron chi connectivity index (χ2n) is 4.36. The largest absolute Gasteiger partial charge is 0.366 e. The lowest BCUT2D eigenvalue weighted by Gasteiger charge is -2.40. The van der Waals surface area contributed by atoms with Crippen LogP contribution in [0, 0.1) is 0 Å². The standard InChI is InChI=1S/C12H18O/c1-10-8-11(2)12(13-9-10)6-4-3-5-7-12/h8H,2-7,9H2,1H3. The minimum Gasteiger partial charge on any atom is -0.366 e. The van der Waals surface area contributed by atoms with E-state index in [-0.39, 0.29) is 5.60 Å². The van der Waals surface area contributed by atoms with Crippen molar-refractivity contribution in [2.75, 3.05) is 6.61 Å². The molecule has 0 N–H and O–H groups in total. The van der Waals surface area contributed by atoms with E-state index in [1.165, 1.54) is 43.3 Å². The molecule has 1 spiro atoms. The smallest absolute Gasteiger partial charge is 0.0930 e. The van der Waals surface area contributed by atoms with Gasteiger partial charge in [-0.2, -0.15) is 0 Å². The molecule has 1 nitrogen and oxygen atoms in total. The summed E-state index contributed by atoms with van der Waals surface area (Å²) in [5.41, 5.74) is 2.54. The van der Waals surface area contributed by atoms with Crippen molar-refractivity contribution in [1.82, 2.24) is 0 Å². The van der Waals surface area contributed by atoms with Crippen molar-refractivity contribution < 1.29 is 4.74 Å². The molecule has 1 fully saturated rings. The average Bonchev–Trinajstić information content (AvgIpc) is 2.14. The molecule has 1 aliphatic heterocycles. The molecule has 0 aromatic rings. The van der Waals surface area contributed by atoms with E-state index in [4.69, 9.17) is 4.74 Å². The lowest BCUT2D eigenvalue weighted by atomic mass is 9.78. The summed E-state index contributed by atoms with van der Waals surface area (Å²) in [5.74, 6) is 0. The molecule has 0 radical (unpaired) electrons. The maximum atomic E-state index is 5.96. The highest BCUT2D eigenvalue weighted by atomic mass is 16.5. The highest BCUT2D eigenvalue weighted by molar-refractivity contribution is 5.32. The zero-order chi connectivity index (χ0) is 9.31. The Balaban J connectivity index is 2.18. The minimum atomic E-state index is 0.0256. The van der Waals surface area contributed by atoms with Gasteiger partial charge in [0.05, 0.1) is 12.2 Å². The monoisotopic (exact) mass is 178 g/mol. The molecule has 1 aliphatic carbocycles. The zero-order valence-corrected chi connectivity index (χ0v) is 8.44. The molecule has 13 heavy (non-hydrogen) atoms. The van der Waals surface area contributed by atoms with Gasteiger partial charge < -0.3 is 4.74 Å². The van der Waals surface area contributed by atoms with E-state index in [0.29, 0.717) is 0 Å². The first kappa shape index (κ1) is 9.01. The summed E-state index contributed by atoms with van der Waals surface area (Å²) in [4.78, 5) is 0. The quantitative estimate of drug-likeness (QED) is 0.553. The molecular formula is C12H18O. The van der Waals surface area contributed by atoms with Crippen molar-refractivity contribution in [2.24, 2.45) is 0 Å². The number of hydrogen-bond acceptors (Lipinski definition) is 1. The fourth-order valence-corrected chi connectivity index (χ4v) is 2.40. The Bertz CT molecular complexity index is 244. The van der Waals surface area contributed by atoms with Crippen LogP contribution in [0.2, 0.25) is 0 Å². The van der Waals surface area contributed by atoms with Gasteiger partial charge in [-0.1, -0.05) is 31.9 Å². The van der Waals surface area contributed by atoms with Crippen molar-refractivity contribution in [3.05, 3.63) is 23.8 Å². The van der Waals surface area contributed by atoms with Crippen LogP contribution in [0.3, 0.4) is 0 Å². The molecular weight excluding hydrogens is 160 g/mol. The van der Waals surface area contributed by atoms with Crippen LogP contribution in [-0.2, 0) is 4.74 Å². The average molecular weight is 178 g/mol. The molecule has 2 aliphatic rings. The normalized spacial score (nSPS) is 27.5. The second-order valence-corrected chi connectivity index (χ2v) is 4.36. The lowest BCUT2D eigenvalue weighted by Crippen LogP contribution is -2.39. The predicted octanol–water partition coefficient (Wildman–Crippen LogP) is 3.22. The molecule has 0 aromatic carbocycles. The zero-order valence-electron chi connectivity index (χ0n) is 8.44. The van der Waals surface area contributed by atoms with Crippen LogP contribution < -0.4 is 0 Å². The SMILES string of the molecule is C=C1C=C(C)COC12CCCCC2. The number of hydrogen-bond donors (Lipinski definition) is 0. The van der Waals surface area contributed by atoms with Crippen molar-refractivity contribution in [3.63, 3.8) is 0 Å². The molecule has 2 rings (SSSR count). The Morgan fingerprint density at radius 2 is 2.00 bits per heavy atom. The summed E-state index contributed by atoms with van der Waals surface area (Å²) in [6.45, 7) is 7.06. The minimum absolute atomic E-state index is 0.0256. The van der Waals surface area contributed by atoms with Gasteiger partial charge in [-0.15, -0.1) is 0 Å². The lowest BCUT2D eigenvalue weighted by molar-refractivity contribution is -0.0339. The van der Waals surface area contributed by atoms with Gasteiger partial charge in [0.2, 0.25) is 0 Å². The van der Waals surface area contributed by atoms with Crippen LogP contribution in [0.25, 0.3) is 0 Å². The summed E-state index contributed by atoms with van der Waals surface area (Å²) < 4.78 is 5.96. The summed E-state index contributed by atoms with van der Waals surface area (Å²) in [6, 6.07) is 0. The van der Waals surface area contributed by atoms with Gasteiger partial charge in [-0.05, 0) is 30.9 Å². The molecule has 72 valence electrons. The maximum Gasteiger partial charge on any atom is 0.0930 e. The van der Waals surface area contributed by atoms with E-state index in [9.17, 15) is 0 Å². The van der Waals surface area contributed by atoms with Gasteiger partial charge in [-0.25, -0.2) is 0 Å². The third-order valence-corrected chi connectivity index (χ3v) is 3.24. The molecule has 1 heterocycles. The first-order valence-corrected chi connectivity index (χ1v) is 5.23. The van der Waals surface area contributed by atoms with Crippen molar-refractivity contribution >= 4 is 0 Å². The number of ether oxygens (including phenoxy) is 1.